The lowest BCUT2D eigenvalue weighted by atomic mass is 10.1. The summed E-state index contributed by atoms with van der Waals surface area (Å²) in [6.45, 7) is 1.88. The highest BCUT2D eigenvalue weighted by Gasteiger charge is 2.08. The SMILES string of the molecule is CC(N)=NC[C@H](O)c1cc(O)cc([131I])c1. The normalized spacial score (nSPS) is 13.9. The Morgan fingerprint density at radius 1 is 1.53 bits per heavy atom. The van der Waals surface area contributed by atoms with E-state index >= 15 is 0 Å². The maximum atomic E-state index is 9.74. The molecule has 0 aliphatic carbocycles. The van der Waals surface area contributed by atoms with Gasteiger partial charge < -0.3 is 15.9 Å². The molecule has 1 aromatic rings. The van der Waals surface area contributed by atoms with Gasteiger partial charge in [-0.05, 0) is 53.3 Å². The summed E-state index contributed by atoms with van der Waals surface area (Å²) in [6.07, 6.45) is -0.732. The van der Waals surface area contributed by atoms with Crippen molar-refractivity contribution in [3.05, 3.63) is 27.3 Å². The molecular weight excluding hydrogens is 311 g/mol. The minimum absolute atomic E-state index is 0.143. The number of rotatable bonds is 3. The lowest BCUT2D eigenvalue weighted by Crippen LogP contribution is -2.09. The zero-order chi connectivity index (χ0) is 11.4. The maximum absolute atomic E-state index is 9.74. The van der Waals surface area contributed by atoms with Crippen LogP contribution in [0.5, 0.6) is 5.75 Å². The fraction of sp³-hybridized carbons (Fsp3) is 0.300. The molecule has 0 unspecified atom stereocenters. The second-order valence-corrected chi connectivity index (χ2v) is 4.49. The summed E-state index contributed by atoms with van der Waals surface area (Å²) in [6, 6.07) is 4.94. The Hall–Kier alpha value is -0.820. The number of hydrogen-bond donors (Lipinski definition) is 3. The van der Waals surface area contributed by atoms with Crippen LogP contribution in [0.4, 0.5) is 0 Å². The molecule has 0 bridgehead atoms. The van der Waals surface area contributed by atoms with Gasteiger partial charge in [0.2, 0.25) is 0 Å². The summed E-state index contributed by atoms with van der Waals surface area (Å²) in [7, 11) is 0. The number of nitrogens with two attached hydrogens (primary N) is 1. The summed E-state index contributed by atoms with van der Waals surface area (Å²) in [5, 5.41) is 19.1. The molecule has 0 saturated heterocycles. The van der Waals surface area contributed by atoms with E-state index in [1.807, 2.05) is 0 Å². The number of aromatic hydroxyl groups is 1. The average Bonchev–Trinajstić information content (AvgIpc) is 2.12. The van der Waals surface area contributed by atoms with E-state index in [0.717, 1.165) is 3.57 Å². The molecule has 0 spiro atoms. The molecule has 4 N–H and O–H groups in total. The summed E-state index contributed by atoms with van der Waals surface area (Å²) in [5.74, 6) is 0.577. The second-order valence-electron chi connectivity index (χ2n) is 3.24. The summed E-state index contributed by atoms with van der Waals surface area (Å²) in [4.78, 5) is 3.92. The molecular formula is C10H13IN2O2. The van der Waals surface area contributed by atoms with Crippen molar-refractivity contribution >= 4 is 28.4 Å². The number of aliphatic hydroxyl groups excluding tert-OH is 1. The smallest absolute Gasteiger partial charge is 0.117 e. The topological polar surface area (TPSA) is 78.8 Å². The van der Waals surface area contributed by atoms with Gasteiger partial charge in [0.15, 0.2) is 0 Å². The molecule has 0 radical (unpaired) electrons. The quantitative estimate of drug-likeness (QED) is 0.447. The van der Waals surface area contributed by atoms with Crippen LogP contribution in [0.15, 0.2) is 23.2 Å². The number of benzene rings is 1. The van der Waals surface area contributed by atoms with Crippen LogP contribution in [0.2, 0.25) is 0 Å². The third kappa shape index (κ3) is 4.05. The summed E-state index contributed by atoms with van der Waals surface area (Å²) in [5.41, 5.74) is 6.01. The Morgan fingerprint density at radius 3 is 2.73 bits per heavy atom. The van der Waals surface area contributed by atoms with Gasteiger partial charge in [0, 0.05) is 3.57 Å². The molecule has 0 aromatic heterocycles. The molecule has 1 rings (SSSR count). The number of aliphatic hydroxyl groups is 1. The fourth-order valence-electron chi connectivity index (χ4n) is 1.12. The first-order valence-corrected chi connectivity index (χ1v) is 5.51. The van der Waals surface area contributed by atoms with Crippen LogP contribution in [0.3, 0.4) is 0 Å². The van der Waals surface area contributed by atoms with E-state index in [1.165, 1.54) is 6.07 Å². The highest BCUT2D eigenvalue weighted by molar-refractivity contribution is 14.1. The molecule has 1 aromatic carbocycles. The van der Waals surface area contributed by atoms with Crippen LogP contribution in [-0.2, 0) is 0 Å². The second kappa shape index (κ2) is 5.32. The highest BCUT2D eigenvalue weighted by Crippen LogP contribution is 2.22. The first kappa shape index (κ1) is 12.3. The first-order chi connectivity index (χ1) is 6.99. The van der Waals surface area contributed by atoms with Crippen LogP contribution in [0.1, 0.15) is 18.6 Å². The van der Waals surface area contributed by atoms with E-state index in [-0.39, 0.29) is 12.3 Å². The Morgan fingerprint density at radius 2 is 2.20 bits per heavy atom. The third-order valence-electron chi connectivity index (χ3n) is 1.80. The van der Waals surface area contributed by atoms with Crippen LogP contribution >= 0.6 is 22.6 Å². The molecule has 0 fully saturated rings. The zero-order valence-corrected chi connectivity index (χ0v) is 10.5. The predicted molar refractivity (Wildman–Crippen MR) is 67.9 cm³/mol. The number of hydrogen-bond acceptors (Lipinski definition) is 3. The van der Waals surface area contributed by atoms with E-state index in [2.05, 4.69) is 27.6 Å². The Bertz CT molecular complexity index is 355. The van der Waals surface area contributed by atoms with Crippen molar-refractivity contribution in [1.82, 2.24) is 0 Å². The molecule has 15 heavy (non-hydrogen) atoms. The van der Waals surface area contributed by atoms with Gasteiger partial charge in [0.05, 0.1) is 18.5 Å². The molecule has 0 saturated carbocycles. The molecule has 82 valence electrons. The van der Waals surface area contributed by atoms with E-state index in [1.54, 1.807) is 19.1 Å². The highest BCUT2D eigenvalue weighted by atomic mass is 131. The lowest BCUT2D eigenvalue weighted by molar-refractivity contribution is 0.187. The number of halogens is 1. The molecule has 0 amide bonds. The van der Waals surface area contributed by atoms with Crippen LogP contribution in [0.25, 0.3) is 0 Å². The van der Waals surface area contributed by atoms with Crippen molar-refractivity contribution < 1.29 is 10.2 Å². The number of amidine groups is 1. The third-order valence-corrected chi connectivity index (χ3v) is 2.43. The predicted octanol–water partition coefficient (Wildman–Crippen LogP) is 1.41. The van der Waals surface area contributed by atoms with Gasteiger partial charge in [-0.15, -0.1) is 0 Å². The van der Waals surface area contributed by atoms with Gasteiger partial charge in [-0.25, -0.2) is 0 Å². The van der Waals surface area contributed by atoms with Gasteiger partial charge in [-0.1, -0.05) is 0 Å². The van der Waals surface area contributed by atoms with E-state index in [0.29, 0.717) is 11.4 Å². The minimum atomic E-state index is -0.732. The molecule has 0 aliphatic rings. The fourth-order valence-corrected chi connectivity index (χ4v) is 1.80. The molecule has 5 heteroatoms. The van der Waals surface area contributed by atoms with E-state index in [9.17, 15) is 10.2 Å². The van der Waals surface area contributed by atoms with Gasteiger partial charge in [0.1, 0.15) is 5.75 Å². The lowest BCUT2D eigenvalue weighted by Gasteiger charge is -2.09. The molecule has 0 heterocycles. The van der Waals surface area contributed by atoms with Gasteiger partial charge >= 0.3 is 0 Å². The largest absolute Gasteiger partial charge is 0.508 e. The number of phenols is 1. The first-order valence-electron chi connectivity index (χ1n) is 4.43. The number of phenolic OH excluding ortho intramolecular Hbond substituents is 1. The van der Waals surface area contributed by atoms with Crippen molar-refractivity contribution in [2.45, 2.75) is 13.0 Å². The monoisotopic (exact) mass is 324 g/mol. The zero-order valence-electron chi connectivity index (χ0n) is 8.31. The van der Waals surface area contributed by atoms with Crippen molar-refractivity contribution in [1.29, 1.82) is 0 Å². The van der Waals surface area contributed by atoms with Gasteiger partial charge in [-0.3, -0.25) is 4.99 Å². The van der Waals surface area contributed by atoms with Crippen molar-refractivity contribution in [3.63, 3.8) is 0 Å². The Kier molecular flexibility index (Phi) is 4.34. The van der Waals surface area contributed by atoms with E-state index in [4.69, 9.17) is 5.73 Å². The van der Waals surface area contributed by atoms with E-state index < -0.39 is 6.10 Å². The van der Waals surface area contributed by atoms with Gasteiger partial charge in [0.25, 0.3) is 0 Å². The van der Waals surface area contributed by atoms with Crippen LogP contribution in [0, 0.1) is 3.57 Å². The minimum Gasteiger partial charge on any atom is -0.508 e. The summed E-state index contributed by atoms with van der Waals surface area (Å²) < 4.78 is 0.870. The van der Waals surface area contributed by atoms with Crippen molar-refractivity contribution in [2.24, 2.45) is 10.7 Å². The molecule has 0 aliphatic heterocycles. The Labute approximate surface area is 102 Å². The molecule has 1 atom stereocenters. The van der Waals surface area contributed by atoms with Crippen molar-refractivity contribution in [3.8, 4) is 5.75 Å². The molecule has 4 nitrogen and oxygen atoms in total. The standard InChI is InChI=1S/C10H13IN2O2/c1-6(12)13-5-10(15)7-2-8(11)4-9(14)3-7/h2-4,10,14-15H,5H2,1H3,(H2,12,13)/t10-/m0/s1/i11+4. The number of nitrogens with zero attached hydrogens (tertiary/aromatic N) is 1. The summed E-state index contributed by atoms with van der Waals surface area (Å²) >= 11 is 2.07. The van der Waals surface area contributed by atoms with Gasteiger partial charge in [-0.2, -0.15) is 0 Å². The maximum Gasteiger partial charge on any atom is 0.117 e. The van der Waals surface area contributed by atoms with Crippen LogP contribution in [-0.4, -0.2) is 22.6 Å². The number of aliphatic imine (C=N–C) groups is 1. The van der Waals surface area contributed by atoms with Crippen molar-refractivity contribution in [2.75, 3.05) is 6.54 Å². The Balaban J connectivity index is 2.81. The van der Waals surface area contributed by atoms with Crippen LogP contribution < -0.4 is 5.73 Å². The average molecular weight is 324 g/mol.